The van der Waals surface area contributed by atoms with Crippen molar-refractivity contribution in [3.63, 3.8) is 0 Å². The van der Waals surface area contributed by atoms with Gasteiger partial charge in [0.15, 0.2) is 0 Å². The molecule has 4 aliphatic heterocycles. The lowest BCUT2D eigenvalue weighted by Gasteiger charge is -2.36. The van der Waals surface area contributed by atoms with E-state index in [0.29, 0.717) is 24.2 Å². The molecule has 35 heavy (non-hydrogen) atoms. The highest BCUT2D eigenvalue weighted by molar-refractivity contribution is 5.12. The molecule has 200 valence electrons. The summed E-state index contributed by atoms with van der Waals surface area (Å²) in [6.07, 6.45) is 20.8. The fourth-order valence-electron chi connectivity index (χ4n) is 6.26. The molecular formula is C28H52N6O. The fourth-order valence-corrected chi connectivity index (χ4v) is 6.26. The van der Waals surface area contributed by atoms with Crippen molar-refractivity contribution in [2.24, 2.45) is 0 Å². The van der Waals surface area contributed by atoms with Crippen LogP contribution >= 0.6 is 0 Å². The maximum atomic E-state index is 11.2. The third kappa shape index (κ3) is 10.1. The summed E-state index contributed by atoms with van der Waals surface area (Å²) in [6, 6.07) is 2.08. The van der Waals surface area contributed by atoms with E-state index in [1.165, 1.54) is 57.8 Å². The van der Waals surface area contributed by atoms with E-state index < -0.39 is 0 Å². The molecule has 3 fully saturated rings. The van der Waals surface area contributed by atoms with Crippen molar-refractivity contribution in [3.05, 3.63) is 24.4 Å². The maximum absolute atomic E-state index is 11.2. The molecule has 0 aromatic rings. The molecule has 0 aromatic heterocycles. The molecule has 0 bridgehead atoms. The molecule has 5 N–H and O–H groups in total. The minimum atomic E-state index is -0.289. The summed E-state index contributed by atoms with van der Waals surface area (Å²) < 4.78 is 0. The van der Waals surface area contributed by atoms with Crippen molar-refractivity contribution in [1.29, 1.82) is 0 Å². The highest BCUT2D eigenvalue weighted by atomic mass is 16.3. The van der Waals surface area contributed by atoms with Crippen molar-refractivity contribution >= 4 is 0 Å². The molecule has 7 nitrogen and oxygen atoms in total. The number of nitrogens with zero attached hydrogens (tertiary/aromatic N) is 2. The SMILES string of the molecule is OC(CCN(CC1CCCCN1)CC1CCCCN1)CN(CC1C=CC=CN1)CC1CCCCN1. The van der Waals surface area contributed by atoms with Gasteiger partial charge in [-0.3, -0.25) is 4.90 Å². The van der Waals surface area contributed by atoms with E-state index in [9.17, 15) is 5.11 Å². The van der Waals surface area contributed by atoms with E-state index in [2.05, 4.69) is 49.3 Å². The smallest absolute Gasteiger partial charge is 0.0679 e. The summed E-state index contributed by atoms with van der Waals surface area (Å²) in [5.74, 6) is 0. The second kappa shape index (κ2) is 15.3. The fraction of sp³-hybridized carbons (Fsp3) is 0.857. The number of aliphatic hydroxyl groups is 1. The lowest BCUT2D eigenvalue weighted by molar-refractivity contribution is 0.0799. The summed E-state index contributed by atoms with van der Waals surface area (Å²) >= 11 is 0. The average Bonchev–Trinajstić information content (AvgIpc) is 2.90. The Morgan fingerprint density at radius 3 is 1.77 bits per heavy atom. The Balaban J connectivity index is 1.28. The van der Waals surface area contributed by atoms with Gasteiger partial charge in [0.1, 0.15) is 0 Å². The summed E-state index contributed by atoms with van der Waals surface area (Å²) in [4.78, 5) is 5.13. The van der Waals surface area contributed by atoms with Crippen LogP contribution in [0.5, 0.6) is 0 Å². The molecule has 4 rings (SSSR count). The van der Waals surface area contributed by atoms with Gasteiger partial charge in [-0.25, -0.2) is 0 Å². The number of allylic oxidation sites excluding steroid dienone is 2. The van der Waals surface area contributed by atoms with E-state index >= 15 is 0 Å². The standard InChI is InChI=1S/C28H52N6O/c35-28(23-34(21-26-11-3-7-16-31-26)22-27-12-4-8-17-32-27)13-18-33(19-24-9-1-5-14-29-24)20-25-10-2-6-15-30-25/h3,7,11,16,24-32,35H,1-2,4-6,8-10,12-15,17-23H2. The first-order chi connectivity index (χ1) is 17.2. The Labute approximate surface area is 214 Å². The van der Waals surface area contributed by atoms with Gasteiger partial charge in [0.25, 0.3) is 0 Å². The van der Waals surface area contributed by atoms with Crippen molar-refractivity contribution in [2.45, 2.75) is 94.5 Å². The van der Waals surface area contributed by atoms with Crippen molar-refractivity contribution < 1.29 is 5.11 Å². The zero-order valence-electron chi connectivity index (χ0n) is 22.0. The summed E-state index contributed by atoms with van der Waals surface area (Å²) in [5, 5.41) is 25.8. The molecule has 5 unspecified atom stereocenters. The van der Waals surface area contributed by atoms with Gasteiger partial charge in [0, 0.05) is 57.4 Å². The van der Waals surface area contributed by atoms with Gasteiger partial charge in [0.05, 0.1) is 12.1 Å². The van der Waals surface area contributed by atoms with Crippen LogP contribution in [0.15, 0.2) is 24.4 Å². The Hall–Kier alpha value is -0.960. The van der Waals surface area contributed by atoms with Gasteiger partial charge in [0.2, 0.25) is 0 Å². The van der Waals surface area contributed by atoms with E-state index in [0.717, 1.165) is 65.3 Å². The molecule has 0 aromatic carbocycles. The lowest BCUT2D eigenvalue weighted by Crippen LogP contribution is -2.51. The average molecular weight is 489 g/mol. The zero-order chi connectivity index (χ0) is 24.1. The Morgan fingerprint density at radius 2 is 1.29 bits per heavy atom. The van der Waals surface area contributed by atoms with Gasteiger partial charge >= 0.3 is 0 Å². The lowest BCUT2D eigenvalue weighted by atomic mass is 10.0. The minimum absolute atomic E-state index is 0.289. The van der Waals surface area contributed by atoms with Crippen LogP contribution in [-0.4, -0.2) is 104 Å². The molecule has 4 heterocycles. The van der Waals surface area contributed by atoms with Crippen LogP contribution in [0.2, 0.25) is 0 Å². The molecule has 0 saturated carbocycles. The topological polar surface area (TPSA) is 74.8 Å². The Kier molecular flexibility index (Phi) is 11.9. The molecule has 0 aliphatic carbocycles. The number of aliphatic hydroxyl groups excluding tert-OH is 1. The Morgan fingerprint density at radius 1 is 0.714 bits per heavy atom. The van der Waals surface area contributed by atoms with Crippen LogP contribution in [0.3, 0.4) is 0 Å². The number of hydrogen-bond acceptors (Lipinski definition) is 7. The highest BCUT2D eigenvalue weighted by Crippen LogP contribution is 2.14. The number of rotatable bonds is 13. The summed E-state index contributed by atoms with van der Waals surface area (Å²) in [7, 11) is 0. The highest BCUT2D eigenvalue weighted by Gasteiger charge is 2.24. The quantitative estimate of drug-likeness (QED) is 0.271. The largest absolute Gasteiger partial charge is 0.392 e. The molecule has 0 amide bonds. The van der Waals surface area contributed by atoms with Gasteiger partial charge in [-0.15, -0.1) is 0 Å². The first kappa shape index (κ1) is 27.1. The van der Waals surface area contributed by atoms with Gasteiger partial charge in [-0.2, -0.15) is 0 Å². The predicted octanol–water partition coefficient (Wildman–Crippen LogP) is 1.81. The molecule has 3 saturated heterocycles. The summed E-state index contributed by atoms with van der Waals surface area (Å²) in [5.41, 5.74) is 0. The maximum Gasteiger partial charge on any atom is 0.0679 e. The van der Waals surface area contributed by atoms with E-state index in [-0.39, 0.29) is 6.10 Å². The van der Waals surface area contributed by atoms with E-state index in [4.69, 9.17) is 0 Å². The number of nitrogens with one attached hydrogen (secondary N) is 4. The van der Waals surface area contributed by atoms with Crippen LogP contribution < -0.4 is 21.3 Å². The first-order valence-corrected chi connectivity index (χ1v) is 14.7. The van der Waals surface area contributed by atoms with Crippen LogP contribution in [0.4, 0.5) is 0 Å². The van der Waals surface area contributed by atoms with Crippen LogP contribution in [0.1, 0.15) is 64.2 Å². The molecule has 5 atom stereocenters. The zero-order valence-corrected chi connectivity index (χ0v) is 22.0. The number of dihydropyridines is 1. The molecule has 0 spiro atoms. The third-order valence-electron chi connectivity index (χ3n) is 8.24. The second-order valence-corrected chi connectivity index (χ2v) is 11.4. The Bertz CT molecular complexity index is 605. The van der Waals surface area contributed by atoms with Crippen molar-refractivity contribution in [1.82, 2.24) is 31.1 Å². The van der Waals surface area contributed by atoms with Crippen LogP contribution in [0, 0.1) is 0 Å². The van der Waals surface area contributed by atoms with Crippen molar-refractivity contribution in [3.8, 4) is 0 Å². The van der Waals surface area contributed by atoms with Crippen LogP contribution in [-0.2, 0) is 0 Å². The molecule has 4 aliphatic rings. The van der Waals surface area contributed by atoms with Gasteiger partial charge in [-0.1, -0.05) is 31.4 Å². The number of piperidine rings is 3. The molecular weight excluding hydrogens is 436 g/mol. The van der Waals surface area contributed by atoms with E-state index in [1.807, 2.05) is 6.20 Å². The monoisotopic (exact) mass is 488 g/mol. The second-order valence-electron chi connectivity index (χ2n) is 11.4. The van der Waals surface area contributed by atoms with Crippen LogP contribution in [0.25, 0.3) is 0 Å². The van der Waals surface area contributed by atoms with Gasteiger partial charge < -0.3 is 31.3 Å². The normalized spacial score (nSPS) is 30.5. The molecule has 7 heteroatoms. The third-order valence-corrected chi connectivity index (χ3v) is 8.24. The first-order valence-electron chi connectivity index (χ1n) is 14.7. The van der Waals surface area contributed by atoms with Gasteiger partial charge in [-0.05, 0) is 76.9 Å². The molecule has 0 radical (unpaired) electrons. The van der Waals surface area contributed by atoms with E-state index in [1.54, 1.807) is 0 Å². The summed E-state index contributed by atoms with van der Waals surface area (Å²) in [6.45, 7) is 9.38. The minimum Gasteiger partial charge on any atom is -0.392 e. The number of hydrogen-bond donors (Lipinski definition) is 5. The van der Waals surface area contributed by atoms with Crippen molar-refractivity contribution in [2.75, 3.05) is 58.9 Å². The predicted molar refractivity (Wildman–Crippen MR) is 146 cm³/mol.